The average molecular weight is 361 g/mol. The van der Waals surface area contributed by atoms with Crippen LogP contribution in [-0.2, 0) is 11.3 Å². The van der Waals surface area contributed by atoms with Gasteiger partial charge in [0.2, 0.25) is 0 Å². The molecular weight excluding hydrogens is 351 g/mol. The number of methoxy groups -OCH3 is 1. The second kappa shape index (κ2) is 5.75. The fourth-order valence-corrected chi connectivity index (χ4v) is 2.00. The Balaban J connectivity index is 2.49. The quantitative estimate of drug-likeness (QED) is 0.620. The lowest BCUT2D eigenvalue weighted by molar-refractivity contribution is 0.181. The predicted octanol–water partition coefficient (Wildman–Crippen LogP) is 3.55. The van der Waals surface area contributed by atoms with Crippen molar-refractivity contribution in [2.45, 2.75) is 6.61 Å². The number of ether oxygens (including phenoxy) is 1. The first-order chi connectivity index (χ1) is 8.22. The molecule has 0 fully saturated rings. The molecule has 0 unspecified atom stereocenters. The van der Waals surface area contributed by atoms with Gasteiger partial charge in [-0.15, -0.1) is 0 Å². The summed E-state index contributed by atoms with van der Waals surface area (Å²) in [5.41, 5.74) is 1.76. The monoisotopic (exact) mass is 360 g/mol. The first kappa shape index (κ1) is 12.7. The highest BCUT2D eigenvalue weighted by atomic mass is 127. The van der Waals surface area contributed by atoms with Gasteiger partial charge in [0.05, 0.1) is 15.9 Å². The molecule has 0 bridgehead atoms. The number of hydrogen-bond donors (Lipinski definition) is 0. The van der Waals surface area contributed by atoms with Crippen LogP contribution in [0.1, 0.15) is 5.69 Å². The largest absolute Gasteiger partial charge is 0.378 e. The van der Waals surface area contributed by atoms with E-state index < -0.39 is 0 Å². The molecule has 0 amide bonds. The minimum Gasteiger partial charge on any atom is -0.378 e. The molecular formula is C12H10ClIN2O. The highest BCUT2D eigenvalue weighted by Crippen LogP contribution is 2.24. The van der Waals surface area contributed by atoms with Gasteiger partial charge >= 0.3 is 0 Å². The van der Waals surface area contributed by atoms with Gasteiger partial charge < -0.3 is 4.74 Å². The molecule has 1 heterocycles. The van der Waals surface area contributed by atoms with Crippen molar-refractivity contribution in [1.29, 1.82) is 0 Å². The van der Waals surface area contributed by atoms with Crippen LogP contribution in [0.3, 0.4) is 0 Å². The average Bonchev–Trinajstić information content (AvgIpc) is 2.36. The smallest absolute Gasteiger partial charge is 0.161 e. The fraction of sp³-hybridized carbons (Fsp3) is 0.167. The Morgan fingerprint density at radius 2 is 1.94 bits per heavy atom. The summed E-state index contributed by atoms with van der Waals surface area (Å²) in [7, 11) is 1.63. The van der Waals surface area contributed by atoms with E-state index in [-0.39, 0.29) is 0 Å². The van der Waals surface area contributed by atoms with Gasteiger partial charge in [-0.25, -0.2) is 9.97 Å². The lowest BCUT2D eigenvalue weighted by Crippen LogP contribution is -2.01. The van der Waals surface area contributed by atoms with Gasteiger partial charge in [0.25, 0.3) is 0 Å². The van der Waals surface area contributed by atoms with E-state index in [9.17, 15) is 0 Å². The molecule has 0 spiro atoms. The third kappa shape index (κ3) is 2.94. The summed E-state index contributed by atoms with van der Waals surface area (Å²) < 4.78 is 5.94. The SMILES string of the molecule is COCc1nc(-c2ccccc2)nc(Cl)c1I. The molecule has 0 radical (unpaired) electrons. The Morgan fingerprint density at radius 3 is 2.59 bits per heavy atom. The third-order valence-electron chi connectivity index (χ3n) is 2.19. The van der Waals surface area contributed by atoms with Crippen LogP contribution in [0.2, 0.25) is 5.15 Å². The van der Waals surface area contributed by atoms with E-state index in [1.807, 2.05) is 30.3 Å². The Bertz CT molecular complexity index is 519. The first-order valence-electron chi connectivity index (χ1n) is 4.98. The molecule has 1 aromatic carbocycles. The zero-order chi connectivity index (χ0) is 12.3. The molecule has 0 atom stereocenters. The van der Waals surface area contributed by atoms with E-state index in [0.29, 0.717) is 17.6 Å². The second-order valence-corrected chi connectivity index (χ2v) is 4.83. The molecule has 2 aromatic rings. The summed E-state index contributed by atoms with van der Waals surface area (Å²) in [4.78, 5) is 8.74. The molecule has 0 saturated heterocycles. The molecule has 0 aliphatic carbocycles. The standard InChI is InChI=1S/C12H10ClIN2O/c1-17-7-9-10(14)11(13)16-12(15-9)8-5-3-2-4-6-8/h2-6H,7H2,1H3. The summed E-state index contributed by atoms with van der Waals surface area (Å²) in [6, 6.07) is 9.75. The van der Waals surface area contributed by atoms with E-state index in [0.717, 1.165) is 14.8 Å². The highest BCUT2D eigenvalue weighted by molar-refractivity contribution is 14.1. The van der Waals surface area contributed by atoms with Gasteiger partial charge in [-0.1, -0.05) is 41.9 Å². The maximum absolute atomic E-state index is 6.09. The molecule has 5 heteroatoms. The van der Waals surface area contributed by atoms with E-state index in [1.165, 1.54) is 0 Å². The lowest BCUT2D eigenvalue weighted by atomic mass is 10.2. The van der Waals surface area contributed by atoms with Crippen LogP contribution in [0.25, 0.3) is 11.4 Å². The normalized spacial score (nSPS) is 10.5. The molecule has 0 aliphatic rings. The molecule has 0 aliphatic heterocycles. The van der Waals surface area contributed by atoms with Crippen molar-refractivity contribution in [2.75, 3.05) is 7.11 Å². The number of aromatic nitrogens is 2. The maximum Gasteiger partial charge on any atom is 0.161 e. The fourth-order valence-electron chi connectivity index (χ4n) is 1.41. The Hall–Kier alpha value is -0.720. The third-order valence-corrected chi connectivity index (χ3v) is 3.92. The van der Waals surface area contributed by atoms with Crippen LogP contribution in [-0.4, -0.2) is 17.1 Å². The zero-order valence-electron chi connectivity index (χ0n) is 9.15. The molecule has 3 nitrogen and oxygen atoms in total. The van der Waals surface area contributed by atoms with Gasteiger partial charge in [0, 0.05) is 12.7 Å². The summed E-state index contributed by atoms with van der Waals surface area (Å²) in [5.74, 6) is 0.628. The number of halogens is 2. The predicted molar refractivity (Wildman–Crippen MR) is 75.9 cm³/mol. The minimum atomic E-state index is 0.431. The van der Waals surface area contributed by atoms with E-state index in [1.54, 1.807) is 7.11 Å². The van der Waals surface area contributed by atoms with Crippen molar-refractivity contribution in [3.63, 3.8) is 0 Å². The first-order valence-corrected chi connectivity index (χ1v) is 6.44. The van der Waals surface area contributed by atoms with Crippen molar-refractivity contribution >= 4 is 34.2 Å². The Labute approximate surface area is 118 Å². The number of benzene rings is 1. The number of rotatable bonds is 3. The number of hydrogen-bond acceptors (Lipinski definition) is 3. The van der Waals surface area contributed by atoms with E-state index in [2.05, 4.69) is 32.6 Å². The zero-order valence-corrected chi connectivity index (χ0v) is 12.1. The van der Waals surface area contributed by atoms with Gasteiger partial charge in [-0.3, -0.25) is 0 Å². The van der Waals surface area contributed by atoms with Crippen LogP contribution < -0.4 is 0 Å². The molecule has 88 valence electrons. The van der Waals surface area contributed by atoms with Crippen molar-refractivity contribution in [2.24, 2.45) is 0 Å². The minimum absolute atomic E-state index is 0.431. The van der Waals surface area contributed by atoms with Crippen molar-refractivity contribution < 1.29 is 4.74 Å². The van der Waals surface area contributed by atoms with Gasteiger partial charge in [0.15, 0.2) is 5.82 Å². The lowest BCUT2D eigenvalue weighted by Gasteiger charge is -2.07. The summed E-state index contributed by atoms with van der Waals surface area (Å²) in [5, 5.41) is 0.464. The van der Waals surface area contributed by atoms with E-state index >= 15 is 0 Å². The highest BCUT2D eigenvalue weighted by Gasteiger charge is 2.11. The van der Waals surface area contributed by atoms with Crippen LogP contribution in [0.4, 0.5) is 0 Å². The molecule has 0 N–H and O–H groups in total. The van der Waals surface area contributed by atoms with E-state index in [4.69, 9.17) is 16.3 Å². The molecule has 1 aromatic heterocycles. The molecule has 0 saturated carbocycles. The van der Waals surface area contributed by atoms with Crippen LogP contribution in [0, 0.1) is 3.57 Å². The van der Waals surface area contributed by atoms with Gasteiger partial charge in [-0.2, -0.15) is 0 Å². The van der Waals surface area contributed by atoms with Crippen molar-refractivity contribution in [1.82, 2.24) is 9.97 Å². The topological polar surface area (TPSA) is 35.0 Å². The van der Waals surface area contributed by atoms with Crippen molar-refractivity contribution in [3.05, 3.63) is 44.7 Å². The van der Waals surface area contributed by atoms with Crippen molar-refractivity contribution in [3.8, 4) is 11.4 Å². The van der Waals surface area contributed by atoms with Gasteiger partial charge in [-0.05, 0) is 22.6 Å². The summed E-state index contributed by atoms with van der Waals surface area (Å²) >= 11 is 8.22. The Kier molecular flexibility index (Phi) is 4.31. The van der Waals surface area contributed by atoms with Crippen LogP contribution in [0.15, 0.2) is 30.3 Å². The van der Waals surface area contributed by atoms with Gasteiger partial charge in [0.1, 0.15) is 5.15 Å². The maximum atomic E-state index is 6.09. The summed E-state index contributed by atoms with van der Waals surface area (Å²) in [6.07, 6.45) is 0. The van der Waals surface area contributed by atoms with Crippen LogP contribution >= 0.6 is 34.2 Å². The van der Waals surface area contributed by atoms with Crippen LogP contribution in [0.5, 0.6) is 0 Å². The molecule has 2 rings (SSSR count). The Morgan fingerprint density at radius 1 is 1.24 bits per heavy atom. The molecule has 17 heavy (non-hydrogen) atoms. The summed E-state index contributed by atoms with van der Waals surface area (Å²) in [6.45, 7) is 0.431. The number of nitrogens with zero attached hydrogens (tertiary/aromatic N) is 2. The second-order valence-electron chi connectivity index (χ2n) is 3.40.